The van der Waals surface area contributed by atoms with Crippen LogP contribution >= 0.6 is 27.5 Å². The summed E-state index contributed by atoms with van der Waals surface area (Å²) < 4.78 is 10.4. The number of hydrogen-bond acceptors (Lipinski definition) is 4. The van der Waals surface area contributed by atoms with Crippen molar-refractivity contribution in [1.29, 1.82) is 0 Å². The Morgan fingerprint density at radius 2 is 1.75 bits per heavy atom. The smallest absolute Gasteiger partial charge is 0.338 e. The van der Waals surface area contributed by atoms with Crippen LogP contribution < -0.4 is 0 Å². The molecule has 0 saturated heterocycles. The Bertz CT molecular complexity index is 508. The molecule has 0 unspecified atom stereocenters. The van der Waals surface area contributed by atoms with Crippen LogP contribution in [-0.2, 0) is 20.7 Å². The molecule has 24 heavy (non-hydrogen) atoms. The van der Waals surface area contributed by atoms with Crippen LogP contribution in [-0.4, -0.2) is 36.4 Å². The van der Waals surface area contributed by atoms with E-state index in [0.717, 1.165) is 49.4 Å². The van der Waals surface area contributed by atoms with E-state index in [9.17, 15) is 9.59 Å². The van der Waals surface area contributed by atoms with Gasteiger partial charge in [0.05, 0.1) is 12.2 Å². The first-order valence-corrected chi connectivity index (χ1v) is 9.72. The number of alkyl halides is 1. The number of aryl methyl sites for hydroxylation is 1. The summed E-state index contributed by atoms with van der Waals surface area (Å²) in [6.45, 7) is 0.941. The standard InChI is InChI=1S/C18H24BrClO4/c19-11-5-7-13-24-18(22)16-10-4-3-9-15(16)8-2-1-6-12-23-14-17(20)21/h3-4,9-10H,1-2,5-8,11-14H2. The maximum atomic E-state index is 12.2. The van der Waals surface area contributed by atoms with Gasteiger partial charge in [0, 0.05) is 11.9 Å². The number of rotatable bonds is 13. The zero-order valence-electron chi connectivity index (χ0n) is 13.8. The Hall–Kier alpha value is -0.910. The van der Waals surface area contributed by atoms with E-state index in [0.29, 0.717) is 18.8 Å². The molecular formula is C18H24BrClO4. The van der Waals surface area contributed by atoms with Crippen LogP contribution in [0.3, 0.4) is 0 Å². The Labute approximate surface area is 157 Å². The Morgan fingerprint density at radius 1 is 1.00 bits per heavy atom. The Balaban J connectivity index is 2.32. The fourth-order valence-corrected chi connectivity index (χ4v) is 2.70. The van der Waals surface area contributed by atoms with Crippen LogP contribution in [0.1, 0.15) is 48.0 Å². The SMILES string of the molecule is O=C(Cl)COCCCCCc1ccccc1C(=O)OCCCCBr. The van der Waals surface area contributed by atoms with Gasteiger partial charge in [0.25, 0.3) is 0 Å². The molecule has 0 radical (unpaired) electrons. The molecule has 0 heterocycles. The summed E-state index contributed by atoms with van der Waals surface area (Å²) in [6.07, 6.45) is 5.46. The highest BCUT2D eigenvalue weighted by Crippen LogP contribution is 2.14. The third kappa shape index (κ3) is 9.40. The molecule has 0 aliphatic heterocycles. The first kappa shape index (κ1) is 21.1. The number of carbonyl (C=O) groups excluding carboxylic acids is 2. The fraction of sp³-hybridized carbons (Fsp3) is 0.556. The first-order chi connectivity index (χ1) is 11.6. The molecule has 6 heteroatoms. The molecule has 0 saturated carbocycles. The van der Waals surface area contributed by atoms with Crippen molar-refractivity contribution in [1.82, 2.24) is 0 Å². The monoisotopic (exact) mass is 418 g/mol. The summed E-state index contributed by atoms with van der Waals surface area (Å²) in [6, 6.07) is 7.58. The molecular weight excluding hydrogens is 396 g/mol. The van der Waals surface area contributed by atoms with Crippen LogP contribution in [0.2, 0.25) is 0 Å². The Morgan fingerprint density at radius 3 is 2.50 bits per heavy atom. The van der Waals surface area contributed by atoms with Gasteiger partial charge in [-0.25, -0.2) is 4.79 Å². The molecule has 0 amide bonds. The minimum absolute atomic E-state index is 0.0364. The first-order valence-electron chi connectivity index (χ1n) is 8.22. The van der Waals surface area contributed by atoms with Crippen molar-refractivity contribution in [3.63, 3.8) is 0 Å². The molecule has 134 valence electrons. The molecule has 0 bridgehead atoms. The normalized spacial score (nSPS) is 10.6. The van der Waals surface area contributed by atoms with Gasteiger partial charge in [-0.3, -0.25) is 4.79 Å². The minimum atomic E-state index is -0.474. The van der Waals surface area contributed by atoms with Crippen molar-refractivity contribution in [2.45, 2.75) is 38.5 Å². The summed E-state index contributed by atoms with van der Waals surface area (Å²) in [5.74, 6) is -0.246. The molecule has 0 aliphatic rings. The number of halogens is 2. The second-order valence-electron chi connectivity index (χ2n) is 5.41. The highest BCUT2D eigenvalue weighted by atomic mass is 79.9. The van der Waals surface area contributed by atoms with Crippen LogP contribution in [0.25, 0.3) is 0 Å². The lowest BCUT2D eigenvalue weighted by atomic mass is 10.0. The van der Waals surface area contributed by atoms with Crippen molar-refractivity contribution in [2.24, 2.45) is 0 Å². The number of carbonyl (C=O) groups is 2. The van der Waals surface area contributed by atoms with E-state index >= 15 is 0 Å². The summed E-state index contributed by atoms with van der Waals surface area (Å²) in [4.78, 5) is 22.7. The summed E-state index contributed by atoms with van der Waals surface area (Å²) in [5, 5.41) is 0.447. The van der Waals surface area contributed by atoms with Gasteiger partial charge in [-0.15, -0.1) is 0 Å². The lowest BCUT2D eigenvalue weighted by Gasteiger charge is -2.09. The number of unbranched alkanes of at least 4 members (excludes halogenated alkanes) is 3. The van der Waals surface area contributed by atoms with Crippen LogP contribution in [0, 0.1) is 0 Å². The van der Waals surface area contributed by atoms with Crippen LogP contribution in [0.15, 0.2) is 24.3 Å². The van der Waals surface area contributed by atoms with Gasteiger partial charge < -0.3 is 9.47 Å². The number of esters is 1. The van der Waals surface area contributed by atoms with Gasteiger partial charge in [0.15, 0.2) is 0 Å². The lowest BCUT2D eigenvalue weighted by Crippen LogP contribution is -2.09. The molecule has 1 aromatic rings. The van der Waals surface area contributed by atoms with E-state index in [2.05, 4.69) is 15.9 Å². The predicted molar refractivity (Wildman–Crippen MR) is 99.0 cm³/mol. The maximum Gasteiger partial charge on any atom is 0.338 e. The second kappa shape index (κ2) is 13.4. The average molecular weight is 420 g/mol. The zero-order chi connectivity index (χ0) is 17.6. The van der Waals surface area contributed by atoms with Crippen molar-refractivity contribution in [2.75, 3.05) is 25.2 Å². The largest absolute Gasteiger partial charge is 0.462 e. The second-order valence-corrected chi connectivity index (χ2v) is 6.62. The van der Waals surface area contributed by atoms with Crippen molar-refractivity contribution < 1.29 is 19.1 Å². The average Bonchev–Trinajstić information content (AvgIpc) is 2.58. The molecule has 0 atom stereocenters. The van der Waals surface area contributed by atoms with Crippen molar-refractivity contribution in [3.05, 3.63) is 35.4 Å². The van der Waals surface area contributed by atoms with Gasteiger partial charge in [-0.05, 0) is 55.3 Å². The third-order valence-corrected chi connectivity index (χ3v) is 4.12. The van der Waals surface area contributed by atoms with E-state index in [-0.39, 0.29) is 12.6 Å². The molecule has 0 aliphatic carbocycles. The topological polar surface area (TPSA) is 52.6 Å². The lowest BCUT2D eigenvalue weighted by molar-refractivity contribution is -0.115. The van der Waals surface area contributed by atoms with Crippen LogP contribution in [0.5, 0.6) is 0 Å². The molecule has 0 spiro atoms. The minimum Gasteiger partial charge on any atom is -0.462 e. The zero-order valence-corrected chi connectivity index (χ0v) is 16.1. The maximum absolute atomic E-state index is 12.2. The summed E-state index contributed by atoms with van der Waals surface area (Å²) >= 11 is 8.55. The highest BCUT2D eigenvalue weighted by Gasteiger charge is 2.11. The van der Waals surface area contributed by atoms with Gasteiger partial charge >= 0.3 is 5.97 Å². The highest BCUT2D eigenvalue weighted by molar-refractivity contribution is 9.09. The quantitative estimate of drug-likeness (QED) is 0.204. The van der Waals surface area contributed by atoms with Crippen molar-refractivity contribution >= 4 is 38.7 Å². The molecule has 0 N–H and O–H groups in total. The molecule has 1 rings (SSSR count). The fourth-order valence-electron chi connectivity index (χ4n) is 2.23. The number of hydrogen-bond donors (Lipinski definition) is 0. The molecule has 4 nitrogen and oxygen atoms in total. The van der Waals surface area contributed by atoms with E-state index in [4.69, 9.17) is 21.1 Å². The van der Waals surface area contributed by atoms with E-state index in [1.54, 1.807) is 0 Å². The number of ether oxygens (including phenoxy) is 2. The van der Waals surface area contributed by atoms with Gasteiger partial charge in [0.2, 0.25) is 5.24 Å². The van der Waals surface area contributed by atoms with E-state index < -0.39 is 5.24 Å². The molecule has 0 aromatic heterocycles. The van der Waals surface area contributed by atoms with Gasteiger partial charge in [0.1, 0.15) is 6.61 Å². The Kier molecular flexibility index (Phi) is 11.8. The number of benzene rings is 1. The van der Waals surface area contributed by atoms with E-state index in [1.807, 2.05) is 24.3 Å². The predicted octanol–water partition coefficient (Wildman–Crippen LogP) is 4.51. The summed E-state index contributed by atoms with van der Waals surface area (Å²) in [5.41, 5.74) is 1.67. The summed E-state index contributed by atoms with van der Waals surface area (Å²) in [7, 11) is 0. The third-order valence-electron chi connectivity index (χ3n) is 3.45. The van der Waals surface area contributed by atoms with Gasteiger partial charge in [-0.1, -0.05) is 40.5 Å². The van der Waals surface area contributed by atoms with Crippen LogP contribution in [0.4, 0.5) is 0 Å². The molecule has 1 aromatic carbocycles. The van der Waals surface area contributed by atoms with Gasteiger partial charge in [-0.2, -0.15) is 0 Å². The molecule has 0 fully saturated rings. The van der Waals surface area contributed by atoms with Crippen molar-refractivity contribution in [3.8, 4) is 0 Å². The van der Waals surface area contributed by atoms with E-state index in [1.165, 1.54) is 0 Å².